The largest absolute Gasteiger partial charge is 0.433 e. The number of rotatable bonds is 5. The quantitative estimate of drug-likeness (QED) is 0.891. The van der Waals surface area contributed by atoms with E-state index in [1.165, 1.54) is 6.07 Å². The molecule has 2 heterocycles. The summed E-state index contributed by atoms with van der Waals surface area (Å²) < 4.78 is 29.0. The van der Waals surface area contributed by atoms with Crippen molar-refractivity contribution < 1.29 is 18.3 Å². The maximum absolute atomic E-state index is 12.3. The van der Waals surface area contributed by atoms with Crippen molar-refractivity contribution in [2.75, 3.05) is 0 Å². The van der Waals surface area contributed by atoms with Crippen molar-refractivity contribution in [2.24, 2.45) is 0 Å². The first kappa shape index (κ1) is 15.4. The van der Waals surface area contributed by atoms with Crippen LogP contribution in [0.4, 0.5) is 8.78 Å². The van der Waals surface area contributed by atoms with E-state index in [1.54, 1.807) is 6.92 Å². The number of H-pyrrole nitrogens is 1. The number of hydrogen-bond acceptors (Lipinski definition) is 4. The van der Waals surface area contributed by atoms with Gasteiger partial charge in [0.25, 0.3) is 5.91 Å². The second-order valence-electron chi connectivity index (χ2n) is 4.52. The molecule has 2 rings (SSSR count). The average Bonchev–Trinajstić information content (AvgIpc) is 2.90. The van der Waals surface area contributed by atoms with Gasteiger partial charge in [-0.1, -0.05) is 0 Å². The minimum Gasteiger partial charge on any atom is -0.433 e. The maximum Gasteiger partial charge on any atom is 0.387 e. The first-order valence-corrected chi connectivity index (χ1v) is 7.04. The van der Waals surface area contributed by atoms with Crippen molar-refractivity contribution in [3.8, 4) is 5.75 Å². The summed E-state index contributed by atoms with van der Waals surface area (Å²) in [4.78, 5) is 13.0. The number of hydrogen-bond donors (Lipinski definition) is 2. The molecule has 2 aromatic rings. The van der Waals surface area contributed by atoms with Gasteiger partial charge in [-0.05, 0) is 26.8 Å². The standard InChI is InChI=1S/C13H15F2N3O2S/c1-6-4-10(20-13(14)15)11(21-6)12(19)16-5-9-7(2)17-18-8(9)3/h4,13H,5H2,1-3H3,(H,16,19)(H,17,18). The molecule has 0 fully saturated rings. The van der Waals surface area contributed by atoms with Crippen molar-refractivity contribution in [3.63, 3.8) is 0 Å². The van der Waals surface area contributed by atoms with E-state index in [9.17, 15) is 13.6 Å². The van der Waals surface area contributed by atoms with E-state index in [0.29, 0.717) is 0 Å². The lowest BCUT2D eigenvalue weighted by Gasteiger charge is -2.07. The molecule has 2 aromatic heterocycles. The molecule has 0 aliphatic carbocycles. The van der Waals surface area contributed by atoms with Crippen molar-refractivity contribution >= 4 is 17.2 Å². The number of aryl methyl sites for hydroxylation is 3. The van der Waals surface area contributed by atoms with Crippen LogP contribution in [0.15, 0.2) is 6.07 Å². The SMILES string of the molecule is Cc1cc(OC(F)F)c(C(=O)NCc2c(C)n[nH]c2C)s1. The lowest BCUT2D eigenvalue weighted by atomic mass is 10.2. The number of carbonyl (C=O) groups excluding carboxylic acids is 1. The molecule has 0 spiro atoms. The van der Waals surface area contributed by atoms with Crippen LogP contribution in [0.1, 0.15) is 31.5 Å². The van der Waals surface area contributed by atoms with Crippen LogP contribution >= 0.6 is 11.3 Å². The normalized spacial score (nSPS) is 11.0. The second kappa shape index (κ2) is 6.21. The number of halogens is 2. The molecular formula is C13H15F2N3O2S. The third-order valence-corrected chi connectivity index (χ3v) is 3.98. The van der Waals surface area contributed by atoms with E-state index in [4.69, 9.17) is 0 Å². The smallest absolute Gasteiger partial charge is 0.387 e. The lowest BCUT2D eigenvalue weighted by Crippen LogP contribution is -2.23. The number of amides is 1. The molecule has 0 aromatic carbocycles. The van der Waals surface area contributed by atoms with Gasteiger partial charge in [0.1, 0.15) is 10.6 Å². The molecule has 0 aliphatic heterocycles. The van der Waals surface area contributed by atoms with Crippen LogP contribution in [0, 0.1) is 20.8 Å². The Morgan fingerprint density at radius 2 is 2.19 bits per heavy atom. The molecule has 1 amide bonds. The van der Waals surface area contributed by atoms with Crippen LogP contribution in [0.5, 0.6) is 5.75 Å². The zero-order chi connectivity index (χ0) is 15.6. The minimum atomic E-state index is -2.95. The van der Waals surface area contributed by atoms with Gasteiger partial charge in [-0.3, -0.25) is 9.89 Å². The summed E-state index contributed by atoms with van der Waals surface area (Å²) >= 11 is 1.12. The number of carbonyl (C=O) groups is 1. The third-order valence-electron chi connectivity index (χ3n) is 2.95. The van der Waals surface area contributed by atoms with E-state index in [2.05, 4.69) is 20.3 Å². The third kappa shape index (κ3) is 3.57. The summed E-state index contributed by atoms with van der Waals surface area (Å²) in [5, 5.41) is 9.55. The fraction of sp³-hybridized carbons (Fsp3) is 0.385. The van der Waals surface area contributed by atoms with Gasteiger partial charge >= 0.3 is 6.61 Å². The van der Waals surface area contributed by atoms with Gasteiger partial charge in [-0.2, -0.15) is 13.9 Å². The fourth-order valence-electron chi connectivity index (χ4n) is 1.92. The van der Waals surface area contributed by atoms with Crippen molar-refractivity contribution in [3.05, 3.63) is 32.8 Å². The van der Waals surface area contributed by atoms with Crippen molar-refractivity contribution in [1.82, 2.24) is 15.5 Å². The molecular weight excluding hydrogens is 300 g/mol. The van der Waals surface area contributed by atoms with Crippen LogP contribution in [0.3, 0.4) is 0 Å². The number of thiophene rings is 1. The molecule has 0 unspecified atom stereocenters. The van der Waals surface area contributed by atoms with E-state index < -0.39 is 12.5 Å². The Labute approximate surface area is 124 Å². The highest BCUT2D eigenvalue weighted by molar-refractivity contribution is 7.14. The van der Waals surface area contributed by atoms with Gasteiger partial charge in [0.15, 0.2) is 0 Å². The highest BCUT2D eigenvalue weighted by Crippen LogP contribution is 2.30. The summed E-state index contributed by atoms with van der Waals surface area (Å²) in [6.07, 6.45) is 0. The van der Waals surface area contributed by atoms with Crippen LogP contribution in [-0.4, -0.2) is 22.7 Å². The topological polar surface area (TPSA) is 67.0 Å². The molecule has 0 radical (unpaired) electrons. The first-order chi connectivity index (χ1) is 9.88. The molecule has 21 heavy (non-hydrogen) atoms. The highest BCUT2D eigenvalue weighted by Gasteiger charge is 2.19. The highest BCUT2D eigenvalue weighted by atomic mass is 32.1. The number of ether oxygens (including phenoxy) is 1. The number of aromatic amines is 1. The zero-order valence-electron chi connectivity index (χ0n) is 11.8. The summed E-state index contributed by atoms with van der Waals surface area (Å²) in [7, 11) is 0. The molecule has 0 saturated heterocycles. The monoisotopic (exact) mass is 315 g/mol. The molecule has 5 nitrogen and oxygen atoms in total. The zero-order valence-corrected chi connectivity index (χ0v) is 12.6. The molecule has 8 heteroatoms. The number of nitrogens with one attached hydrogen (secondary N) is 2. The van der Waals surface area contributed by atoms with Crippen molar-refractivity contribution in [1.29, 1.82) is 0 Å². The van der Waals surface area contributed by atoms with Crippen molar-refractivity contribution in [2.45, 2.75) is 33.9 Å². The molecule has 0 bridgehead atoms. The predicted molar refractivity (Wildman–Crippen MR) is 74.9 cm³/mol. The summed E-state index contributed by atoms with van der Waals surface area (Å²) in [5.74, 6) is -0.533. The average molecular weight is 315 g/mol. The van der Waals surface area contributed by atoms with Gasteiger partial charge in [-0.15, -0.1) is 11.3 Å². The fourth-order valence-corrected chi connectivity index (χ4v) is 2.78. The van der Waals surface area contributed by atoms with Gasteiger partial charge in [0, 0.05) is 22.7 Å². The Bertz CT molecular complexity index is 632. The Morgan fingerprint density at radius 3 is 2.76 bits per heavy atom. The molecule has 0 saturated carbocycles. The number of alkyl halides is 2. The summed E-state index contributed by atoms with van der Waals surface area (Å²) in [6.45, 7) is 2.72. The maximum atomic E-state index is 12.3. The van der Waals surface area contributed by atoms with E-state index in [1.807, 2.05) is 13.8 Å². The van der Waals surface area contributed by atoms with Crippen LogP contribution in [0.25, 0.3) is 0 Å². The van der Waals surface area contributed by atoms with Crippen LogP contribution in [0.2, 0.25) is 0 Å². The van der Waals surface area contributed by atoms with Gasteiger partial charge in [0.05, 0.1) is 5.69 Å². The van der Waals surface area contributed by atoms with Crippen LogP contribution in [-0.2, 0) is 6.54 Å². The second-order valence-corrected chi connectivity index (χ2v) is 5.78. The lowest BCUT2D eigenvalue weighted by molar-refractivity contribution is -0.0498. The van der Waals surface area contributed by atoms with E-state index in [-0.39, 0.29) is 17.2 Å². The Kier molecular flexibility index (Phi) is 4.56. The Hall–Kier alpha value is -1.96. The minimum absolute atomic E-state index is 0.0920. The summed E-state index contributed by atoms with van der Waals surface area (Å²) in [5.41, 5.74) is 2.53. The Morgan fingerprint density at radius 1 is 1.48 bits per heavy atom. The van der Waals surface area contributed by atoms with E-state index >= 15 is 0 Å². The molecule has 0 atom stereocenters. The molecule has 114 valence electrons. The van der Waals surface area contributed by atoms with Gasteiger partial charge in [-0.25, -0.2) is 0 Å². The number of nitrogens with zero attached hydrogens (tertiary/aromatic N) is 1. The predicted octanol–water partition coefficient (Wildman–Crippen LogP) is 2.93. The molecule has 0 aliphatic rings. The van der Waals surface area contributed by atoms with E-state index in [0.717, 1.165) is 33.2 Å². The summed E-state index contributed by atoms with van der Waals surface area (Å²) in [6, 6.07) is 1.43. The molecule has 2 N–H and O–H groups in total. The first-order valence-electron chi connectivity index (χ1n) is 6.22. The van der Waals surface area contributed by atoms with Crippen LogP contribution < -0.4 is 10.1 Å². The van der Waals surface area contributed by atoms with Gasteiger partial charge in [0.2, 0.25) is 0 Å². The Balaban J connectivity index is 2.10. The van der Waals surface area contributed by atoms with Gasteiger partial charge < -0.3 is 10.1 Å². The number of aromatic nitrogens is 2.